The van der Waals surface area contributed by atoms with E-state index in [4.69, 9.17) is 14.2 Å². The van der Waals surface area contributed by atoms with Crippen LogP contribution in [0.4, 0.5) is 0 Å². The number of ether oxygens (including phenoxy) is 3. The van der Waals surface area contributed by atoms with Gasteiger partial charge in [0.2, 0.25) is 0 Å². The molecule has 0 saturated heterocycles. The fourth-order valence-electron chi connectivity index (χ4n) is 7.56. The molecule has 0 radical (unpaired) electrons. The minimum atomic E-state index is -0.532. The van der Waals surface area contributed by atoms with E-state index in [0.717, 1.165) is 32.1 Å². The van der Waals surface area contributed by atoms with Gasteiger partial charge in [0.15, 0.2) is 6.10 Å². The van der Waals surface area contributed by atoms with Gasteiger partial charge in [-0.05, 0) is 70.6 Å². The van der Waals surface area contributed by atoms with Crippen LogP contribution < -0.4 is 0 Å². The Morgan fingerprint density at radius 3 is 1.05 bits per heavy atom. The van der Waals surface area contributed by atoms with Gasteiger partial charge in [0.25, 0.3) is 0 Å². The molecule has 1 atom stereocenters. The normalized spacial score (nSPS) is 12.3. The summed E-state index contributed by atoms with van der Waals surface area (Å²) in [4.78, 5) is 25.3. The highest BCUT2D eigenvalue weighted by Gasteiger charge is 2.17. The molecule has 1 unspecified atom stereocenters. The lowest BCUT2D eigenvalue weighted by Gasteiger charge is -2.18. The Morgan fingerprint density at radius 1 is 0.362 bits per heavy atom. The maximum Gasteiger partial charge on any atom is 0.306 e. The molecular formula is C53H100O5. The van der Waals surface area contributed by atoms with E-state index < -0.39 is 6.10 Å². The van der Waals surface area contributed by atoms with Crippen LogP contribution >= 0.6 is 0 Å². The van der Waals surface area contributed by atoms with E-state index in [1.807, 2.05) is 0 Å². The number of hydrogen-bond acceptors (Lipinski definition) is 5. The van der Waals surface area contributed by atoms with Crippen LogP contribution in [0.5, 0.6) is 0 Å². The summed E-state index contributed by atoms with van der Waals surface area (Å²) >= 11 is 0. The van der Waals surface area contributed by atoms with Crippen LogP contribution in [0.15, 0.2) is 24.3 Å². The minimum absolute atomic E-state index is 0.0869. The van der Waals surface area contributed by atoms with E-state index >= 15 is 0 Å². The molecule has 342 valence electrons. The number of esters is 2. The second-order valence-corrected chi connectivity index (χ2v) is 17.4. The summed E-state index contributed by atoms with van der Waals surface area (Å²) in [6.45, 7) is 7.84. The van der Waals surface area contributed by atoms with Gasteiger partial charge in [-0.2, -0.15) is 0 Å². The van der Waals surface area contributed by atoms with Crippen molar-refractivity contribution in [3.8, 4) is 0 Å². The lowest BCUT2D eigenvalue weighted by Crippen LogP contribution is -2.30. The van der Waals surface area contributed by atoms with Gasteiger partial charge in [-0.3, -0.25) is 9.59 Å². The molecule has 0 saturated carbocycles. The predicted molar refractivity (Wildman–Crippen MR) is 252 cm³/mol. The average Bonchev–Trinajstić information content (AvgIpc) is 3.22. The average molecular weight is 817 g/mol. The molecule has 0 spiro atoms. The molecule has 5 nitrogen and oxygen atoms in total. The predicted octanol–water partition coefficient (Wildman–Crippen LogP) is 17.2. The molecule has 0 aromatic rings. The summed E-state index contributed by atoms with van der Waals surface area (Å²) < 4.78 is 17.3. The van der Waals surface area contributed by atoms with E-state index in [-0.39, 0.29) is 18.5 Å². The molecule has 0 N–H and O–H groups in total. The first kappa shape index (κ1) is 56.4. The van der Waals surface area contributed by atoms with Crippen molar-refractivity contribution in [2.75, 3.05) is 19.8 Å². The highest BCUT2D eigenvalue weighted by atomic mass is 16.6. The van der Waals surface area contributed by atoms with Gasteiger partial charge < -0.3 is 14.2 Å². The van der Waals surface area contributed by atoms with Crippen molar-refractivity contribution in [2.45, 2.75) is 284 Å². The van der Waals surface area contributed by atoms with Crippen molar-refractivity contribution in [3.05, 3.63) is 24.3 Å². The zero-order valence-corrected chi connectivity index (χ0v) is 39.3. The van der Waals surface area contributed by atoms with Crippen LogP contribution in [0.3, 0.4) is 0 Å². The molecular weight excluding hydrogens is 717 g/mol. The van der Waals surface area contributed by atoms with Crippen LogP contribution in [0.1, 0.15) is 278 Å². The molecule has 58 heavy (non-hydrogen) atoms. The van der Waals surface area contributed by atoms with Crippen LogP contribution in [0.2, 0.25) is 0 Å². The molecule has 0 amide bonds. The summed E-state index contributed by atoms with van der Waals surface area (Å²) in [5.41, 5.74) is 0. The zero-order chi connectivity index (χ0) is 42.1. The Morgan fingerprint density at radius 2 is 0.672 bits per heavy atom. The molecule has 0 aromatic heterocycles. The van der Waals surface area contributed by atoms with Gasteiger partial charge in [-0.1, -0.05) is 218 Å². The largest absolute Gasteiger partial charge is 0.462 e. The van der Waals surface area contributed by atoms with E-state index in [2.05, 4.69) is 45.1 Å². The van der Waals surface area contributed by atoms with Crippen LogP contribution in [-0.2, 0) is 23.8 Å². The third-order valence-corrected chi connectivity index (χ3v) is 11.5. The Labute approximate surface area is 362 Å². The van der Waals surface area contributed by atoms with Gasteiger partial charge in [-0.15, -0.1) is 0 Å². The number of carbonyl (C=O) groups is 2. The molecule has 0 rings (SSSR count). The number of allylic oxidation sites excluding steroid dienone is 4. The highest BCUT2D eigenvalue weighted by Crippen LogP contribution is 2.15. The van der Waals surface area contributed by atoms with Crippen molar-refractivity contribution < 1.29 is 23.8 Å². The van der Waals surface area contributed by atoms with Gasteiger partial charge in [0, 0.05) is 19.4 Å². The monoisotopic (exact) mass is 817 g/mol. The molecule has 0 aromatic carbocycles. The number of carbonyl (C=O) groups excluding carboxylic acids is 2. The summed E-state index contributed by atoms with van der Waals surface area (Å²) in [6.07, 6.45) is 57.6. The Kier molecular flexibility index (Phi) is 48.4. The van der Waals surface area contributed by atoms with E-state index in [0.29, 0.717) is 26.1 Å². The van der Waals surface area contributed by atoms with Crippen molar-refractivity contribution in [3.63, 3.8) is 0 Å². The summed E-state index contributed by atoms with van der Waals surface area (Å²) in [5, 5.41) is 0. The molecule has 0 heterocycles. The molecule has 0 fully saturated rings. The maximum atomic E-state index is 12.8. The Bertz CT molecular complexity index is 882. The van der Waals surface area contributed by atoms with Gasteiger partial charge >= 0.3 is 11.9 Å². The third-order valence-electron chi connectivity index (χ3n) is 11.5. The summed E-state index contributed by atoms with van der Waals surface area (Å²) in [7, 11) is 0. The van der Waals surface area contributed by atoms with E-state index in [1.54, 1.807) is 0 Å². The van der Waals surface area contributed by atoms with Gasteiger partial charge in [-0.25, -0.2) is 0 Å². The fraction of sp³-hybridized carbons (Fsp3) is 0.887. The smallest absolute Gasteiger partial charge is 0.306 e. The Balaban J connectivity index is 4.13. The highest BCUT2D eigenvalue weighted by molar-refractivity contribution is 5.70. The lowest BCUT2D eigenvalue weighted by atomic mass is 10.1. The quantitative estimate of drug-likeness (QED) is 0.0348. The maximum absolute atomic E-state index is 12.8. The van der Waals surface area contributed by atoms with Crippen molar-refractivity contribution in [1.29, 1.82) is 0 Å². The van der Waals surface area contributed by atoms with Crippen LogP contribution in [-0.4, -0.2) is 37.9 Å². The lowest BCUT2D eigenvalue weighted by molar-refractivity contribution is -0.163. The first-order valence-electron chi connectivity index (χ1n) is 25.9. The van der Waals surface area contributed by atoms with Crippen molar-refractivity contribution >= 4 is 11.9 Å². The fourth-order valence-corrected chi connectivity index (χ4v) is 7.56. The minimum Gasteiger partial charge on any atom is -0.462 e. The zero-order valence-electron chi connectivity index (χ0n) is 39.3. The summed E-state index contributed by atoms with van der Waals surface area (Å²) in [6, 6.07) is 0. The Hall–Kier alpha value is -1.62. The molecule has 0 aliphatic carbocycles. The topological polar surface area (TPSA) is 61.8 Å². The molecule has 0 bridgehead atoms. The molecule has 0 aliphatic heterocycles. The SMILES string of the molecule is CCCCCCCC/C=C\CCCCCCCCCC(=O)OCC(COCCCCCCCCCC)OC(=O)CCCCCCCCC/C=C\CCCCCCCC. The second kappa shape index (κ2) is 49.7. The van der Waals surface area contributed by atoms with E-state index in [9.17, 15) is 9.59 Å². The third kappa shape index (κ3) is 47.1. The van der Waals surface area contributed by atoms with Gasteiger partial charge in [0.05, 0.1) is 6.61 Å². The van der Waals surface area contributed by atoms with Crippen molar-refractivity contribution in [2.24, 2.45) is 0 Å². The standard InChI is InChI=1S/C53H100O5/c1-4-7-10-13-16-19-21-23-25-27-29-31-33-35-37-40-43-46-52(54)57-50-51(49-56-48-45-42-39-18-15-12-9-6-3)58-53(55)47-44-41-38-36-34-32-30-28-26-24-22-20-17-14-11-8-5-2/h23-26,51H,4-22,27-50H2,1-3H3/b25-23-,26-24-. The molecule has 5 heteroatoms. The second-order valence-electron chi connectivity index (χ2n) is 17.4. The van der Waals surface area contributed by atoms with Crippen LogP contribution in [0, 0.1) is 0 Å². The number of unbranched alkanes of at least 4 members (excludes halogenated alkanes) is 33. The van der Waals surface area contributed by atoms with E-state index in [1.165, 1.54) is 212 Å². The van der Waals surface area contributed by atoms with Crippen LogP contribution in [0.25, 0.3) is 0 Å². The number of hydrogen-bond donors (Lipinski definition) is 0. The summed E-state index contributed by atoms with van der Waals surface area (Å²) in [5.74, 6) is -0.394. The molecule has 0 aliphatic rings. The number of rotatable bonds is 48. The van der Waals surface area contributed by atoms with Crippen molar-refractivity contribution in [1.82, 2.24) is 0 Å². The first-order chi connectivity index (χ1) is 28.6. The van der Waals surface area contributed by atoms with Gasteiger partial charge in [0.1, 0.15) is 6.61 Å². The first-order valence-corrected chi connectivity index (χ1v) is 25.9.